The van der Waals surface area contributed by atoms with Crippen molar-refractivity contribution < 1.29 is 14.2 Å². The molecule has 0 heterocycles. The van der Waals surface area contributed by atoms with Crippen molar-refractivity contribution in [2.75, 3.05) is 0 Å². The number of hydrogen-bond acceptors (Lipinski definition) is 2. The first-order chi connectivity index (χ1) is 4.04. The van der Waals surface area contributed by atoms with E-state index in [1.54, 1.807) is 13.8 Å². The van der Waals surface area contributed by atoms with E-state index in [9.17, 15) is 4.39 Å². The summed E-state index contributed by atoms with van der Waals surface area (Å²) in [6.07, 6.45) is -2.76. The van der Waals surface area contributed by atoms with Crippen LogP contribution in [0.1, 0.15) is 20.8 Å². The Kier molecular flexibility index (Phi) is 3.73. The topological polar surface area (TPSA) is 29.5 Å². The van der Waals surface area contributed by atoms with Crippen molar-refractivity contribution in [1.29, 1.82) is 0 Å². The lowest BCUT2D eigenvalue weighted by molar-refractivity contribution is -0.129. The molecule has 0 fully saturated rings. The zero-order chi connectivity index (χ0) is 7.44. The van der Waals surface area contributed by atoms with Gasteiger partial charge in [0.1, 0.15) is 6.10 Å². The summed E-state index contributed by atoms with van der Waals surface area (Å²) in [6.45, 7) is 4.79. The molecule has 0 aliphatic carbocycles. The van der Waals surface area contributed by atoms with Crippen molar-refractivity contribution in [3.8, 4) is 0 Å². The summed E-state index contributed by atoms with van der Waals surface area (Å²) in [7, 11) is 0. The highest BCUT2D eigenvalue weighted by Crippen LogP contribution is 2.03. The summed E-state index contributed by atoms with van der Waals surface area (Å²) < 4.78 is 16.9. The lowest BCUT2D eigenvalue weighted by atomic mass is 10.4. The molecule has 0 amide bonds. The highest BCUT2D eigenvalue weighted by Gasteiger charge is 2.14. The second-order valence-corrected chi connectivity index (χ2v) is 2.28. The molecule has 0 aliphatic rings. The Labute approximate surface area is 54.6 Å². The standard InChI is InChI=1S/C6H13FO2/c1-4(2)9-6(7)5(3)8/h4-6,8H,1-3H3. The maximum atomic E-state index is 12.3. The van der Waals surface area contributed by atoms with Crippen molar-refractivity contribution in [2.24, 2.45) is 0 Å². The molecule has 2 atom stereocenters. The zero-order valence-corrected chi connectivity index (χ0v) is 5.97. The molecule has 56 valence electrons. The third-order valence-corrected chi connectivity index (χ3v) is 0.781. The van der Waals surface area contributed by atoms with Crippen LogP contribution in [0.3, 0.4) is 0 Å². The Bertz CT molecular complexity index is 73.5. The van der Waals surface area contributed by atoms with Crippen LogP contribution < -0.4 is 0 Å². The second kappa shape index (κ2) is 3.80. The van der Waals surface area contributed by atoms with Gasteiger partial charge in [-0.2, -0.15) is 0 Å². The summed E-state index contributed by atoms with van der Waals surface area (Å²) in [6, 6.07) is 0. The fourth-order valence-corrected chi connectivity index (χ4v) is 0.374. The van der Waals surface area contributed by atoms with Crippen molar-refractivity contribution in [1.82, 2.24) is 0 Å². The van der Waals surface area contributed by atoms with Gasteiger partial charge in [-0.3, -0.25) is 0 Å². The van der Waals surface area contributed by atoms with E-state index in [4.69, 9.17) is 5.11 Å². The van der Waals surface area contributed by atoms with Gasteiger partial charge in [-0.1, -0.05) is 0 Å². The Morgan fingerprint density at radius 1 is 1.33 bits per heavy atom. The molecule has 0 bridgehead atoms. The van der Waals surface area contributed by atoms with E-state index in [1.165, 1.54) is 6.92 Å². The number of halogens is 1. The lowest BCUT2D eigenvalue weighted by Gasteiger charge is -2.14. The number of rotatable bonds is 3. The number of aliphatic hydroxyl groups is 1. The van der Waals surface area contributed by atoms with Crippen LogP contribution >= 0.6 is 0 Å². The highest BCUT2D eigenvalue weighted by molar-refractivity contribution is 4.51. The van der Waals surface area contributed by atoms with Gasteiger partial charge >= 0.3 is 0 Å². The van der Waals surface area contributed by atoms with Gasteiger partial charge in [-0.05, 0) is 20.8 Å². The molecular weight excluding hydrogens is 123 g/mol. The monoisotopic (exact) mass is 136 g/mol. The zero-order valence-electron chi connectivity index (χ0n) is 5.97. The van der Waals surface area contributed by atoms with E-state index in [0.29, 0.717) is 0 Å². The van der Waals surface area contributed by atoms with Gasteiger partial charge in [0, 0.05) is 0 Å². The first-order valence-corrected chi connectivity index (χ1v) is 3.01. The summed E-state index contributed by atoms with van der Waals surface area (Å²) in [5, 5.41) is 8.57. The molecule has 0 aromatic heterocycles. The van der Waals surface area contributed by atoms with Gasteiger partial charge < -0.3 is 9.84 Å². The molecule has 0 rings (SSSR count). The first kappa shape index (κ1) is 8.85. The third-order valence-electron chi connectivity index (χ3n) is 0.781. The maximum Gasteiger partial charge on any atom is 0.225 e. The average Bonchev–Trinajstić information content (AvgIpc) is 1.63. The van der Waals surface area contributed by atoms with E-state index < -0.39 is 12.5 Å². The fraction of sp³-hybridized carbons (Fsp3) is 1.00. The quantitative estimate of drug-likeness (QED) is 0.629. The number of alkyl halides is 1. The number of aliphatic hydroxyl groups excluding tert-OH is 1. The predicted molar refractivity (Wildman–Crippen MR) is 32.8 cm³/mol. The molecule has 0 aromatic rings. The van der Waals surface area contributed by atoms with Crippen molar-refractivity contribution >= 4 is 0 Å². The Morgan fingerprint density at radius 3 is 1.89 bits per heavy atom. The van der Waals surface area contributed by atoms with Gasteiger partial charge in [0.2, 0.25) is 6.36 Å². The van der Waals surface area contributed by atoms with Crippen LogP contribution in [-0.4, -0.2) is 23.7 Å². The molecular formula is C6H13FO2. The molecule has 0 radical (unpaired) electrons. The Hall–Kier alpha value is -0.150. The molecule has 2 unspecified atom stereocenters. The minimum atomic E-state index is -1.55. The van der Waals surface area contributed by atoms with E-state index in [0.717, 1.165) is 0 Å². The highest BCUT2D eigenvalue weighted by atomic mass is 19.1. The largest absolute Gasteiger partial charge is 0.388 e. The van der Waals surface area contributed by atoms with E-state index in [2.05, 4.69) is 4.74 Å². The van der Waals surface area contributed by atoms with Gasteiger partial charge in [-0.15, -0.1) is 0 Å². The van der Waals surface area contributed by atoms with Crippen LogP contribution in [0.15, 0.2) is 0 Å². The summed E-state index contributed by atoms with van der Waals surface area (Å²) in [5.41, 5.74) is 0. The number of ether oxygens (including phenoxy) is 1. The maximum absolute atomic E-state index is 12.3. The first-order valence-electron chi connectivity index (χ1n) is 3.01. The molecule has 0 spiro atoms. The van der Waals surface area contributed by atoms with Crippen LogP contribution in [0.5, 0.6) is 0 Å². The van der Waals surface area contributed by atoms with Crippen LogP contribution in [-0.2, 0) is 4.74 Å². The smallest absolute Gasteiger partial charge is 0.225 e. The van der Waals surface area contributed by atoms with Gasteiger partial charge in [-0.25, -0.2) is 4.39 Å². The molecule has 0 saturated carbocycles. The molecule has 9 heavy (non-hydrogen) atoms. The normalized spacial score (nSPS) is 18.0. The summed E-state index contributed by atoms with van der Waals surface area (Å²) in [5.74, 6) is 0. The lowest BCUT2D eigenvalue weighted by Crippen LogP contribution is -2.24. The van der Waals surface area contributed by atoms with Crippen molar-refractivity contribution in [2.45, 2.75) is 39.3 Å². The van der Waals surface area contributed by atoms with Crippen LogP contribution in [0.25, 0.3) is 0 Å². The van der Waals surface area contributed by atoms with Gasteiger partial charge in [0.15, 0.2) is 0 Å². The fourth-order valence-electron chi connectivity index (χ4n) is 0.374. The Balaban J connectivity index is 3.38. The van der Waals surface area contributed by atoms with Crippen LogP contribution in [0.4, 0.5) is 4.39 Å². The van der Waals surface area contributed by atoms with E-state index in [1.807, 2.05) is 0 Å². The van der Waals surface area contributed by atoms with E-state index >= 15 is 0 Å². The van der Waals surface area contributed by atoms with Gasteiger partial charge in [0.05, 0.1) is 6.10 Å². The SMILES string of the molecule is CC(C)OC(F)C(C)O. The van der Waals surface area contributed by atoms with E-state index in [-0.39, 0.29) is 6.10 Å². The average molecular weight is 136 g/mol. The summed E-state index contributed by atoms with van der Waals surface area (Å²) in [4.78, 5) is 0. The predicted octanol–water partition coefficient (Wildman–Crippen LogP) is 1.09. The van der Waals surface area contributed by atoms with Crippen molar-refractivity contribution in [3.63, 3.8) is 0 Å². The van der Waals surface area contributed by atoms with Gasteiger partial charge in [0.25, 0.3) is 0 Å². The van der Waals surface area contributed by atoms with Crippen LogP contribution in [0, 0.1) is 0 Å². The number of hydrogen-bond donors (Lipinski definition) is 1. The summed E-state index contributed by atoms with van der Waals surface area (Å²) >= 11 is 0. The molecule has 0 aromatic carbocycles. The second-order valence-electron chi connectivity index (χ2n) is 2.28. The minimum Gasteiger partial charge on any atom is -0.388 e. The third kappa shape index (κ3) is 4.36. The Morgan fingerprint density at radius 2 is 1.78 bits per heavy atom. The molecule has 3 heteroatoms. The van der Waals surface area contributed by atoms with Crippen molar-refractivity contribution in [3.05, 3.63) is 0 Å². The molecule has 2 nitrogen and oxygen atoms in total. The minimum absolute atomic E-state index is 0.172. The molecule has 0 aliphatic heterocycles. The molecule has 1 N–H and O–H groups in total. The molecule has 0 saturated heterocycles. The van der Waals surface area contributed by atoms with Crippen LogP contribution in [0.2, 0.25) is 0 Å².